The maximum Gasteiger partial charge on any atom is 0.407 e. The first-order valence-corrected chi connectivity index (χ1v) is 11.2. The van der Waals surface area contributed by atoms with Gasteiger partial charge in [-0.1, -0.05) is 12.1 Å². The van der Waals surface area contributed by atoms with Gasteiger partial charge in [0.05, 0.1) is 11.8 Å². The fourth-order valence-corrected chi connectivity index (χ4v) is 4.65. The number of Topliss-reactive ketones (excluding diaryl/α,β-unsaturated/α-hetero) is 1. The summed E-state index contributed by atoms with van der Waals surface area (Å²) >= 11 is 0. The number of anilines is 1. The second kappa shape index (κ2) is 9.62. The molecule has 0 radical (unpaired) electrons. The molecule has 0 aliphatic carbocycles. The molecular formula is C25H28N2O6. The lowest BCUT2D eigenvalue weighted by atomic mass is 9.94. The van der Waals surface area contributed by atoms with E-state index >= 15 is 0 Å². The minimum atomic E-state index is -1.14. The number of aliphatic hydroxyl groups is 1. The van der Waals surface area contributed by atoms with Gasteiger partial charge in [0, 0.05) is 38.0 Å². The van der Waals surface area contributed by atoms with Gasteiger partial charge in [-0.15, -0.1) is 0 Å². The van der Waals surface area contributed by atoms with Crippen molar-refractivity contribution in [3.05, 3.63) is 58.7 Å². The molecule has 174 valence electrons. The highest BCUT2D eigenvalue weighted by Gasteiger charge is 2.32. The van der Waals surface area contributed by atoms with Gasteiger partial charge in [-0.05, 0) is 66.6 Å². The number of nitrogens with zero attached hydrogens (tertiary/aromatic N) is 2. The number of carbonyl (C=O) groups is 3. The van der Waals surface area contributed by atoms with Crippen LogP contribution in [-0.4, -0.2) is 63.7 Å². The topological polar surface area (TPSA) is 118 Å². The van der Waals surface area contributed by atoms with E-state index in [9.17, 15) is 29.7 Å². The number of hydrogen-bond acceptors (Lipinski definition) is 5. The average molecular weight is 453 g/mol. The van der Waals surface area contributed by atoms with E-state index in [2.05, 4.69) is 0 Å². The van der Waals surface area contributed by atoms with Crippen LogP contribution in [-0.2, 0) is 24.1 Å². The predicted octanol–water partition coefficient (Wildman–Crippen LogP) is 2.77. The first kappa shape index (κ1) is 22.8. The Kier molecular flexibility index (Phi) is 6.65. The molecule has 2 aliphatic rings. The summed E-state index contributed by atoms with van der Waals surface area (Å²) in [6.07, 6.45) is 0.403. The molecule has 0 fully saturated rings. The number of hydrogen-bond donors (Lipinski definition) is 3. The summed E-state index contributed by atoms with van der Waals surface area (Å²) in [5, 5.41) is 29.4. The van der Waals surface area contributed by atoms with Crippen LogP contribution in [0.25, 0.3) is 0 Å². The van der Waals surface area contributed by atoms with Crippen LogP contribution in [0.5, 0.6) is 5.75 Å². The van der Waals surface area contributed by atoms with Crippen LogP contribution in [0.1, 0.15) is 46.3 Å². The summed E-state index contributed by atoms with van der Waals surface area (Å²) in [4.78, 5) is 39.4. The first-order valence-electron chi connectivity index (χ1n) is 11.2. The van der Waals surface area contributed by atoms with Crippen molar-refractivity contribution < 1.29 is 29.7 Å². The number of aryl methyl sites for hydroxylation is 1. The Bertz CT molecular complexity index is 1080. The van der Waals surface area contributed by atoms with Crippen LogP contribution in [0.2, 0.25) is 0 Å². The number of benzene rings is 2. The van der Waals surface area contributed by atoms with Crippen LogP contribution >= 0.6 is 0 Å². The van der Waals surface area contributed by atoms with Gasteiger partial charge in [-0.25, -0.2) is 4.79 Å². The van der Waals surface area contributed by atoms with E-state index in [0.717, 1.165) is 33.7 Å². The molecule has 0 bridgehead atoms. The van der Waals surface area contributed by atoms with Crippen molar-refractivity contribution >= 4 is 23.5 Å². The number of aliphatic hydroxyl groups excluding tert-OH is 1. The number of ketones is 1. The molecule has 2 aromatic rings. The van der Waals surface area contributed by atoms with Crippen LogP contribution < -0.4 is 4.90 Å². The Morgan fingerprint density at radius 3 is 2.58 bits per heavy atom. The van der Waals surface area contributed by atoms with Gasteiger partial charge < -0.3 is 25.1 Å². The van der Waals surface area contributed by atoms with Crippen molar-refractivity contribution in [2.75, 3.05) is 24.5 Å². The Balaban J connectivity index is 1.32. The molecule has 8 nitrogen and oxygen atoms in total. The standard InChI is InChI=1S/C25H28N2O6/c28-20-3-1-2-16(12-20)8-10-26(25(32)33)15-21(29)5-6-22(30)19-13-17-4-7-23(31)27-11-9-18(14-19)24(17)27/h1-3,12-14,21,28-29H,4-11,15H2,(H,32,33). The molecule has 0 aromatic heterocycles. The molecule has 2 heterocycles. The molecule has 2 aromatic carbocycles. The van der Waals surface area contributed by atoms with Crippen molar-refractivity contribution in [1.82, 2.24) is 4.90 Å². The van der Waals surface area contributed by atoms with E-state index in [1.54, 1.807) is 24.3 Å². The molecule has 33 heavy (non-hydrogen) atoms. The zero-order valence-corrected chi connectivity index (χ0v) is 18.4. The summed E-state index contributed by atoms with van der Waals surface area (Å²) in [6.45, 7) is 0.742. The molecule has 0 spiro atoms. The van der Waals surface area contributed by atoms with E-state index in [-0.39, 0.29) is 43.4 Å². The van der Waals surface area contributed by atoms with E-state index in [0.29, 0.717) is 31.4 Å². The van der Waals surface area contributed by atoms with Crippen LogP contribution in [0.4, 0.5) is 10.5 Å². The van der Waals surface area contributed by atoms with E-state index in [1.807, 2.05) is 17.0 Å². The Hall–Kier alpha value is -3.39. The Morgan fingerprint density at radius 1 is 1.09 bits per heavy atom. The predicted molar refractivity (Wildman–Crippen MR) is 122 cm³/mol. The molecule has 3 N–H and O–H groups in total. The lowest BCUT2D eigenvalue weighted by Gasteiger charge is -2.25. The summed E-state index contributed by atoms with van der Waals surface area (Å²) in [6, 6.07) is 10.3. The van der Waals surface area contributed by atoms with Gasteiger partial charge in [0.2, 0.25) is 5.91 Å². The van der Waals surface area contributed by atoms with E-state index in [1.165, 1.54) is 0 Å². The maximum atomic E-state index is 12.8. The van der Waals surface area contributed by atoms with Crippen molar-refractivity contribution in [2.24, 2.45) is 0 Å². The van der Waals surface area contributed by atoms with Crippen LogP contribution in [0.15, 0.2) is 36.4 Å². The zero-order valence-electron chi connectivity index (χ0n) is 18.4. The van der Waals surface area contributed by atoms with Gasteiger partial charge in [0.15, 0.2) is 5.78 Å². The van der Waals surface area contributed by atoms with Gasteiger partial charge in [-0.2, -0.15) is 0 Å². The van der Waals surface area contributed by atoms with Crippen LogP contribution in [0.3, 0.4) is 0 Å². The van der Waals surface area contributed by atoms with Gasteiger partial charge >= 0.3 is 6.09 Å². The van der Waals surface area contributed by atoms with Crippen LogP contribution in [0, 0.1) is 0 Å². The molecule has 1 atom stereocenters. The molecule has 8 heteroatoms. The SMILES string of the molecule is O=C(CCC(O)CN(CCc1cccc(O)c1)C(=O)O)c1cc2c3c(c1)CCN3C(=O)CC2. The highest BCUT2D eigenvalue weighted by molar-refractivity contribution is 6.02. The fourth-order valence-electron chi connectivity index (χ4n) is 4.65. The van der Waals surface area contributed by atoms with Crippen molar-refractivity contribution in [3.63, 3.8) is 0 Å². The third-order valence-electron chi connectivity index (χ3n) is 6.36. The van der Waals surface area contributed by atoms with Crippen molar-refractivity contribution in [2.45, 2.75) is 44.6 Å². The largest absolute Gasteiger partial charge is 0.508 e. The minimum absolute atomic E-state index is 0.0893. The molecular weight excluding hydrogens is 424 g/mol. The number of carbonyl (C=O) groups excluding carboxylic acids is 2. The van der Waals surface area contributed by atoms with Gasteiger partial charge in [0.25, 0.3) is 0 Å². The number of amides is 2. The fraction of sp³-hybridized carbons (Fsp3) is 0.400. The minimum Gasteiger partial charge on any atom is -0.508 e. The van der Waals surface area contributed by atoms with Gasteiger partial charge in [-0.3, -0.25) is 9.59 Å². The molecule has 2 amide bonds. The Morgan fingerprint density at radius 2 is 1.85 bits per heavy atom. The van der Waals surface area contributed by atoms with Gasteiger partial charge in [0.1, 0.15) is 5.75 Å². The second-order valence-electron chi connectivity index (χ2n) is 8.70. The lowest BCUT2D eigenvalue weighted by Crippen LogP contribution is -2.38. The third kappa shape index (κ3) is 5.17. The summed E-state index contributed by atoms with van der Waals surface area (Å²) in [5.74, 6) is 0.161. The maximum absolute atomic E-state index is 12.8. The smallest absolute Gasteiger partial charge is 0.407 e. The number of phenolic OH excluding ortho intramolecular Hbond substituents is 1. The number of rotatable bonds is 9. The number of aromatic hydroxyl groups is 1. The average Bonchev–Trinajstić information content (AvgIpc) is 3.22. The quantitative estimate of drug-likeness (QED) is 0.504. The van der Waals surface area contributed by atoms with Crippen molar-refractivity contribution in [3.8, 4) is 5.75 Å². The van der Waals surface area contributed by atoms with E-state index < -0.39 is 12.2 Å². The monoisotopic (exact) mass is 452 g/mol. The lowest BCUT2D eigenvalue weighted by molar-refractivity contribution is -0.118. The highest BCUT2D eigenvalue weighted by atomic mass is 16.4. The second-order valence-corrected chi connectivity index (χ2v) is 8.70. The van der Waals surface area contributed by atoms with Crippen molar-refractivity contribution in [1.29, 1.82) is 0 Å². The van der Waals surface area contributed by atoms with E-state index in [4.69, 9.17) is 0 Å². The number of phenols is 1. The third-order valence-corrected chi connectivity index (χ3v) is 6.36. The summed E-state index contributed by atoms with van der Waals surface area (Å²) in [7, 11) is 0. The molecule has 1 unspecified atom stereocenters. The molecule has 0 saturated heterocycles. The molecule has 4 rings (SSSR count). The summed E-state index contributed by atoms with van der Waals surface area (Å²) in [5.41, 5.74) is 4.40. The number of carboxylic acid groups (broad SMARTS) is 1. The first-order chi connectivity index (χ1) is 15.8. The summed E-state index contributed by atoms with van der Waals surface area (Å²) < 4.78 is 0. The molecule has 0 saturated carbocycles. The normalized spacial score (nSPS) is 15.3. The molecule has 2 aliphatic heterocycles. The highest BCUT2D eigenvalue weighted by Crippen LogP contribution is 2.37. The zero-order chi connectivity index (χ0) is 23.5. The Labute approximate surface area is 192 Å².